The van der Waals surface area contributed by atoms with E-state index in [0.29, 0.717) is 37.1 Å². The van der Waals surface area contributed by atoms with Crippen LogP contribution in [0.15, 0.2) is 70.1 Å². The number of hydrogen-bond donors (Lipinski definition) is 3. The van der Waals surface area contributed by atoms with Gasteiger partial charge in [-0.25, -0.2) is 0 Å². The molecule has 2 aromatic rings. The highest BCUT2D eigenvalue weighted by Crippen LogP contribution is 2.47. The largest absolute Gasteiger partial charge is 0.481 e. The third-order valence-corrected chi connectivity index (χ3v) is 9.80. The number of carbonyl (C=O) groups is 1. The van der Waals surface area contributed by atoms with E-state index >= 15 is 0 Å². The molecule has 12 heteroatoms. The summed E-state index contributed by atoms with van der Waals surface area (Å²) in [6.07, 6.45) is 7.76. The SMILES string of the molecule is C=[N+]1/C(=C\C=C\C2=[N+](CCCCCC(=O)O)c3ccc(S(=O)(=O)O)cc3C2(C)C)C(C)(C)c2cc(S(=O)(=O)O)ccc21. The summed E-state index contributed by atoms with van der Waals surface area (Å²) in [5.74, 6) is -0.839. The van der Waals surface area contributed by atoms with Crippen molar-refractivity contribution in [1.82, 2.24) is 0 Å². The van der Waals surface area contributed by atoms with Gasteiger partial charge in [0.2, 0.25) is 11.4 Å². The maximum absolute atomic E-state index is 11.9. The monoisotopic (exact) mass is 616 g/mol. The van der Waals surface area contributed by atoms with E-state index in [4.69, 9.17) is 5.11 Å². The molecule has 0 atom stereocenters. The number of fused-ring (bicyclic) bond motifs is 2. The topological polar surface area (TPSA) is 152 Å². The molecule has 10 nitrogen and oxygen atoms in total. The van der Waals surface area contributed by atoms with Gasteiger partial charge in [-0.2, -0.15) is 26.0 Å². The normalized spacial score (nSPS) is 18.6. The molecule has 0 radical (unpaired) electrons. The van der Waals surface area contributed by atoms with Gasteiger partial charge in [0.15, 0.2) is 11.4 Å². The molecule has 0 saturated carbocycles. The molecule has 3 N–H and O–H groups in total. The summed E-state index contributed by atoms with van der Waals surface area (Å²) in [6.45, 7) is 12.5. The van der Waals surface area contributed by atoms with Crippen molar-refractivity contribution in [2.24, 2.45) is 0 Å². The number of hydrogen-bond acceptors (Lipinski definition) is 5. The van der Waals surface area contributed by atoms with Gasteiger partial charge in [-0.1, -0.05) is 0 Å². The van der Waals surface area contributed by atoms with Gasteiger partial charge >= 0.3 is 5.97 Å². The maximum atomic E-state index is 11.9. The van der Waals surface area contributed by atoms with Crippen LogP contribution in [0.4, 0.5) is 11.4 Å². The average molecular weight is 617 g/mol. The molecular formula is C30H36N2O8S2+2. The minimum Gasteiger partial charge on any atom is -0.481 e. The van der Waals surface area contributed by atoms with Crippen LogP contribution in [-0.2, 0) is 35.9 Å². The average Bonchev–Trinajstić information content (AvgIpc) is 3.21. The van der Waals surface area contributed by atoms with E-state index < -0.39 is 37.0 Å². The van der Waals surface area contributed by atoms with Crippen LogP contribution in [-0.4, -0.2) is 65.1 Å². The van der Waals surface area contributed by atoms with Crippen molar-refractivity contribution in [2.45, 2.75) is 74.0 Å². The molecule has 224 valence electrons. The number of nitrogens with zero attached hydrogens (tertiary/aromatic N) is 2. The van der Waals surface area contributed by atoms with Crippen molar-refractivity contribution in [3.63, 3.8) is 0 Å². The molecule has 0 aliphatic carbocycles. The second-order valence-corrected chi connectivity index (χ2v) is 14.5. The van der Waals surface area contributed by atoms with Crippen LogP contribution >= 0.6 is 0 Å². The van der Waals surface area contributed by atoms with E-state index in [0.717, 1.165) is 22.7 Å². The third kappa shape index (κ3) is 5.89. The first-order valence-corrected chi connectivity index (χ1v) is 16.3. The highest BCUT2D eigenvalue weighted by molar-refractivity contribution is 7.86. The van der Waals surface area contributed by atoms with E-state index in [-0.39, 0.29) is 16.2 Å². The summed E-state index contributed by atoms with van der Waals surface area (Å²) in [5, 5.41) is 8.96. The van der Waals surface area contributed by atoms with Gasteiger partial charge in [0.05, 0.1) is 20.6 Å². The van der Waals surface area contributed by atoms with E-state index in [1.807, 2.05) is 45.9 Å². The Labute approximate surface area is 246 Å². The quantitative estimate of drug-likeness (QED) is 0.192. The lowest BCUT2D eigenvalue weighted by Crippen LogP contribution is -2.28. The van der Waals surface area contributed by atoms with Crippen LogP contribution in [0.1, 0.15) is 64.5 Å². The highest BCUT2D eigenvalue weighted by atomic mass is 32.2. The molecular weight excluding hydrogens is 580 g/mol. The fourth-order valence-corrected chi connectivity index (χ4v) is 6.84. The smallest absolute Gasteiger partial charge is 0.303 e. The second-order valence-electron chi connectivity index (χ2n) is 11.6. The number of aliphatic carboxylic acids is 1. The Kier molecular flexibility index (Phi) is 8.24. The number of rotatable bonds is 10. The molecule has 2 aliphatic heterocycles. The standard InChI is InChI=1S/C30H34N2O8S2/c1-29(2)22-18-20(41(35,36)37)13-15-24(22)31(5)26(29)10-9-11-27-30(3,4)23-19-21(42(38,39)40)14-16-25(23)32(27)17-8-6-7-12-28(33)34/h9-11,13-16,18-19H,5-8,12,17H2,1-4H3,(H-2,33,34,35,36,37,38,39,40)/p+2/b11-9+,26-10-. The molecule has 2 aromatic carbocycles. The molecule has 0 saturated heterocycles. The number of carboxylic acids is 1. The first kappa shape index (κ1) is 31.5. The van der Waals surface area contributed by atoms with Crippen LogP contribution in [0.5, 0.6) is 0 Å². The van der Waals surface area contributed by atoms with Gasteiger partial charge < -0.3 is 5.11 Å². The van der Waals surface area contributed by atoms with Gasteiger partial charge in [0.1, 0.15) is 13.3 Å². The molecule has 0 bridgehead atoms. The minimum absolute atomic E-state index is 0.0926. The van der Waals surface area contributed by atoms with Crippen molar-refractivity contribution >= 4 is 50.0 Å². The van der Waals surface area contributed by atoms with Gasteiger partial charge in [0.25, 0.3) is 20.2 Å². The lowest BCUT2D eigenvalue weighted by Gasteiger charge is -2.16. The van der Waals surface area contributed by atoms with Crippen LogP contribution in [0.3, 0.4) is 0 Å². The number of unbranched alkanes of at least 4 members (excludes halogenated alkanes) is 2. The third-order valence-electron chi connectivity index (χ3n) is 8.10. The molecule has 0 spiro atoms. The zero-order chi connectivity index (χ0) is 31.3. The van der Waals surface area contributed by atoms with Gasteiger partial charge in [-0.3, -0.25) is 13.9 Å². The first-order valence-electron chi connectivity index (χ1n) is 13.5. The molecule has 2 heterocycles. The second kappa shape index (κ2) is 11.0. The van der Waals surface area contributed by atoms with E-state index in [9.17, 15) is 30.7 Å². The Morgan fingerprint density at radius 2 is 1.40 bits per heavy atom. The first-order chi connectivity index (χ1) is 19.4. The molecule has 0 unspecified atom stereocenters. The molecule has 0 aromatic heterocycles. The van der Waals surface area contributed by atoms with Crippen molar-refractivity contribution in [1.29, 1.82) is 0 Å². The summed E-state index contributed by atoms with van der Waals surface area (Å²) in [5.41, 5.74) is 3.39. The van der Waals surface area contributed by atoms with Crippen molar-refractivity contribution < 1.29 is 45.0 Å². The number of benzene rings is 2. The fraction of sp³-hybridized carbons (Fsp3) is 0.367. The van der Waals surface area contributed by atoms with Gasteiger partial charge in [-0.05, 0) is 70.9 Å². The Bertz CT molecular complexity index is 1800. The van der Waals surface area contributed by atoms with Crippen LogP contribution in [0.25, 0.3) is 0 Å². The predicted molar refractivity (Wildman–Crippen MR) is 159 cm³/mol. The summed E-state index contributed by atoms with van der Waals surface area (Å²) < 4.78 is 70.3. The summed E-state index contributed by atoms with van der Waals surface area (Å²) >= 11 is 0. The van der Waals surface area contributed by atoms with E-state index in [1.54, 1.807) is 16.7 Å². The Morgan fingerprint density at radius 3 is 1.95 bits per heavy atom. The maximum Gasteiger partial charge on any atom is 0.303 e. The zero-order valence-corrected chi connectivity index (χ0v) is 25.7. The van der Waals surface area contributed by atoms with E-state index in [2.05, 4.69) is 11.3 Å². The molecule has 2 aliphatic rings. The zero-order valence-electron chi connectivity index (χ0n) is 24.0. The Morgan fingerprint density at radius 1 is 0.857 bits per heavy atom. The highest BCUT2D eigenvalue weighted by Gasteiger charge is 2.47. The molecule has 0 amide bonds. The summed E-state index contributed by atoms with van der Waals surface area (Å²) in [7, 11) is -8.78. The minimum atomic E-state index is -4.40. The predicted octanol–water partition coefficient (Wildman–Crippen LogP) is 4.98. The number of carboxylic acid groups (broad SMARTS) is 1. The van der Waals surface area contributed by atoms with Crippen LogP contribution in [0, 0.1) is 0 Å². The molecule has 4 rings (SSSR count). The lowest BCUT2D eigenvalue weighted by molar-refractivity contribution is -0.438. The van der Waals surface area contributed by atoms with Crippen LogP contribution < -0.4 is 0 Å². The Balaban J connectivity index is 1.73. The molecule has 42 heavy (non-hydrogen) atoms. The van der Waals surface area contributed by atoms with Crippen LogP contribution in [0.2, 0.25) is 0 Å². The van der Waals surface area contributed by atoms with Crippen molar-refractivity contribution in [3.8, 4) is 0 Å². The van der Waals surface area contributed by atoms with E-state index in [1.165, 1.54) is 24.3 Å². The Hall–Kier alpha value is -3.45. The fourth-order valence-electron chi connectivity index (χ4n) is 5.82. The van der Waals surface area contributed by atoms with Crippen molar-refractivity contribution in [2.75, 3.05) is 6.54 Å². The summed E-state index contributed by atoms with van der Waals surface area (Å²) in [4.78, 5) is 10.5. The summed E-state index contributed by atoms with van der Waals surface area (Å²) in [6, 6.07) is 8.95. The van der Waals surface area contributed by atoms with Gasteiger partial charge in [0, 0.05) is 48.3 Å². The van der Waals surface area contributed by atoms with Gasteiger partial charge in [-0.15, -0.1) is 0 Å². The lowest BCUT2D eigenvalue weighted by atomic mass is 9.81. The van der Waals surface area contributed by atoms with Crippen molar-refractivity contribution in [3.05, 3.63) is 71.5 Å². The molecule has 0 fully saturated rings. The number of allylic oxidation sites excluding steroid dienone is 4.